The number of alkyl halides is 2. The maximum Gasteiger partial charge on any atom is 0.364 e. The number of carbonyl (C=O) groups excluding carboxylic acids is 1. The van der Waals surface area contributed by atoms with Gasteiger partial charge in [-0.25, -0.2) is 0 Å². The molecule has 106 valence electrons. The Morgan fingerprint density at radius 3 is 2.14 bits per heavy atom. The number of rotatable bonds is 3. The van der Waals surface area contributed by atoms with E-state index in [1.165, 1.54) is 6.08 Å². The fourth-order valence-corrected chi connectivity index (χ4v) is 2.30. The first kappa shape index (κ1) is 13.5. The van der Waals surface area contributed by atoms with E-state index >= 15 is 0 Å². The molecule has 0 aromatic heterocycles. The van der Waals surface area contributed by atoms with E-state index in [2.05, 4.69) is 0 Å². The summed E-state index contributed by atoms with van der Waals surface area (Å²) in [5.41, 5.74) is 1.22. The molecular weight excluding hydrogens is 272 g/mol. The maximum atomic E-state index is 13.8. The van der Waals surface area contributed by atoms with Crippen LogP contribution in [0.5, 0.6) is 0 Å². The Balaban J connectivity index is 1.89. The maximum absolute atomic E-state index is 13.8. The first-order valence-electron chi connectivity index (χ1n) is 6.60. The lowest BCUT2D eigenvalue weighted by Gasteiger charge is -2.40. The smallest absolute Gasteiger partial charge is 0.300 e. The topological polar surface area (TPSA) is 20.3 Å². The zero-order valence-electron chi connectivity index (χ0n) is 11.2. The molecule has 0 radical (unpaired) electrons. The molecule has 1 aliphatic heterocycles. The quantitative estimate of drug-likeness (QED) is 0.787. The van der Waals surface area contributed by atoms with Gasteiger partial charge in [0.1, 0.15) is 5.70 Å². The van der Waals surface area contributed by atoms with Gasteiger partial charge in [0.2, 0.25) is 0 Å². The van der Waals surface area contributed by atoms with Crippen molar-refractivity contribution in [2.45, 2.75) is 12.5 Å². The van der Waals surface area contributed by atoms with Gasteiger partial charge in [-0.05, 0) is 17.2 Å². The monoisotopic (exact) mass is 285 g/mol. The van der Waals surface area contributed by atoms with Gasteiger partial charge >= 0.3 is 11.8 Å². The van der Waals surface area contributed by atoms with Crippen LogP contribution in [0.4, 0.5) is 8.78 Å². The molecule has 21 heavy (non-hydrogen) atoms. The van der Waals surface area contributed by atoms with E-state index in [-0.39, 0.29) is 12.2 Å². The Kier molecular flexibility index (Phi) is 3.29. The van der Waals surface area contributed by atoms with Gasteiger partial charge in [0.05, 0.1) is 6.54 Å². The van der Waals surface area contributed by atoms with Crippen molar-refractivity contribution in [3.8, 4) is 0 Å². The molecular formula is C17H13F2NO. The molecule has 0 N–H and O–H groups in total. The van der Waals surface area contributed by atoms with Crippen LogP contribution in [0, 0.1) is 0 Å². The first-order chi connectivity index (χ1) is 10.1. The van der Waals surface area contributed by atoms with Crippen LogP contribution in [0.15, 0.2) is 66.4 Å². The van der Waals surface area contributed by atoms with E-state index in [9.17, 15) is 13.6 Å². The average Bonchev–Trinajstić information content (AvgIpc) is 2.52. The van der Waals surface area contributed by atoms with Gasteiger partial charge in [0.15, 0.2) is 0 Å². The number of nitrogens with zero attached hydrogens (tertiary/aromatic N) is 1. The number of halogens is 2. The lowest BCUT2D eigenvalue weighted by Crippen LogP contribution is -2.58. The number of hydrogen-bond donors (Lipinski definition) is 0. The van der Waals surface area contributed by atoms with Crippen molar-refractivity contribution < 1.29 is 13.6 Å². The number of amides is 1. The Labute approximate surface area is 121 Å². The molecule has 1 fully saturated rings. The van der Waals surface area contributed by atoms with Crippen LogP contribution in [0.1, 0.15) is 11.1 Å². The highest BCUT2D eigenvalue weighted by atomic mass is 19.3. The lowest BCUT2D eigenvalue weighted by molar-refractivity contribution is -0.170. The predicted octanol–water partition coefficient (Wildman–Crippen LogP) is 3.71. The Bertz CT molecular complexity index is 680. The van der Waals surface area contributed by atoms with Crippen LogP contribution in [-0.2, 0) is 11.3 Å². The van der Waals surface area contributed by atoms with Crippen LogP contribution in [0.25, 0.3) is 6.08 Å². The van der Waals surface area contributed by atoms with E-state index in [1.807, 2.05) is 36.4 Å². The fourth-order valence-electron chi connectivity index (χ4n) is 2.30. The second-order valence-corrected chi connectivity index (χ2v) is 4.89. The Morgan fingerprint density at radius 1 is 0.952 bits per heavy atom. The second kappa shape index (κ2) is 5.13. The summed E-state index contributed by atoms with van der Waals surface area (Å²) in [5.74, 6) is -4.54. The summed E-state index contributed by atoms with van der Waals surface area (Å²) in [5, 5.41) is 0. The molecule has 1 aliphatic rings. The van der Waals surface area contributed by atoms with Gasteiger partial charge in [-0.3, -0.25) is 9.69 Å². The van der Waals surface area contributed by atoms with Crippen molar-refractivity contribution in [2.24, 2.45) is 0 Å². The standard InChI is InChI=1S/C17H13F2NO/c18-17(19)15(11-13-7-3-1-4-8-13)20(16(17)21)12-14-9-5-2-6-10-14/h1-11H,12H2/b15-11-. The van der Waals surface area contributed by atoms with Gasteiger partial charge < -0.3 is 0 Å². The van der Waals surface area contributed by atoms with Crippen LogP contribution in [-0.4, -0.2) is 16.7 Å². The highest BCUT2D eigenvalue weighted by Gasteiger charge is 2.59. The zero-order valence-corrected chi connectivity index (χ0v) is 11.2. The molecule has 1 saturated heterocycles. The number of carbonyl (C=O) groups is 1. The van der Waals surface area contributed by atoms with Gasteiger partial charge in [-0.15, -0.1) is 0 Å². The summed E-state index contributed by atoms with van der Waals surface area (Å²) in [7, 11) is 0. The largest absolute Gasteiger partial charge is 0.364 e. The van der Waals surface area contributed by atoms with E-state index in [0.717, 1.165) is 10.5 Å². The summed E-state index contributed by atoms with van der Waals surface area (Å²) in [4.78, 5) is 12.8. The molecule has 0 bridgehead atoms. The molecule has 2 nitrogen and oxygen atoms in total. The molecule has 4 heteroatoms. The summed E-state index contributed by atoms with van der Waals surface area (Å²) >= 11 is 0. The summed E-state index contributed by atoms with van der Waals surface area (Å²) in [6.45, 7) is 0.161. The molecule has 2 aromatic carbocycles. The lowest BCUT2D eigenvalue weighted by atomic mass is 9.99. The normalized spacial score (nSPS) is 18.7. The molecule has 1 amide bonds. The minimum atomic E-state index is -3.40. The average molecular weight is 285 g/mol. The highest BCUT2D eigenvalue weighted by Crippen LogP contribution is 2.41. The third-order valence-corrected chi connectivity index (χ3v) is 3.41. The van der Waals surface area contributed by atoms with Gasteiger partial charge in [0.25, 0.3) is 0 Å². The molecule has 0 aliphatic carbocycles. The van der Waals surface area contributed by atoms with E-state index in [4.69, 9.17) is 0 Å². The van der Waals surface area contributed by atoms with Crippen molar-refractivity contribution in [3.63, 3.8) is 0 Å². The predicted molar refractivity (Wildman–Crippen MR) is 76.4 cm³/mol. The zero-order chi connectivity index (χ0) is 14.9. The van der Waals surface area contributed by atoms with E-state index < -0.39 is 11.8 Å². The summed E-state index contributed by atoms with van der Waals surface area (Å²) in [6.07, 6.45) is 1.37. The van der Waals surface area contributed by atoms with Crippen molar-refractivity contribution in [1.82, 2.24) is 4.90 Å². The number of hydrogen-bond acceptors (Lipinski definition) is 1. The van der Waals surface area contributed by atoms with Gasteiger partial charge in [-0.1, -0.05) is 60.7 Å². The molecule has 0 atom stereocenters. The van der Waals surface area contributed by atoms with Gasteiger partial charge in [0, 0.05) is 0 Å². The minimum Gasteiger partial charge on any atom is -0.300 e. The van der Waals surface area contributed by atoms with Crippen molar-refractivity contribution in [2.75, 3.05) is 0 Å². The molecule has 3 rings (SSSR count). The molecule has 0 spiro atoms. The molecule has 1 heterocycles. The van der Waals surface area contributed by atoms with E-state index in [1.54, 1.807) is 24.3 Å². The summed E-state index contributed by atoms with van der Waals surface area (Å²) in [6, 6.07) is 17.9. The molecule has 0 unspecified atom stereocenters. The second-order valence-electron chi connectivity index (χ2n) is 4.89. The number of benzene rings is 2. The van der Waals surface area contributed by atoms with Crippen LogP contribution in [0.3, 0.4) is 0 Å². The number of β-lactam (4-membered cyclic amide) rings is 1. The van der Waals surface area contributed by atoms with Crippen molar-refractivity contribution in [1.29, 1.82) is 0 Å². The molecule has 2 aromatic rings. The highest BCUT2D eigenvalue weighted by molar-refractivity contribution is 5.98. The number of likely N-dealkylation sites (tertiary alicyclic amines) is 1. The Hall–Kier alpha value is -2.49. The Morgan fingerprint density at radius 2 is 1.52 bits per heavy atom. The first-order valence-corrected chi connectivity index (χ1v) is 6.60. The van der Waals surface area contributed by atoms with Crippen molar-refractivity contribution in [3.05, 3.63) is 77.5 Å². The van der Waals surface area contributed by atoms with Gasteiger partial charge in [-0.2, -0.15) is 8.78 Å². The third kappa shape index (κ3) is 2.44. The van der Waals surface area contributed by atoms with Crippen LogP contribution in [0.2, 0.25) is 0 Å². The molecule has 0 saturated carbocycles. The SMILES string of the molecule is O=C1N(Cc2ccccc2)/C(=C\c2ccccc2)C1(F)F. The summed E-state index contributed by atoms with van der Waals surface area (Å²) < 4.78 is 27.6. The van der Waals surface area contributed by atoms with Crippen molar-refractivity contribution >= 4 is 12.0 Å². The van der Waals surface area contributed by atoms with Crippen LogP contribution >= 0.6 is 0 Å². The minimum absolute atomic E-state index is 0.161. The van der Waals surface area contributed by atoms with E-state index in [0.29, 0.717) is 5.56 Å². The third-order valence-electron chi connectivity index (χ3n) is 3.41. The van der Waals surface area contributed by atoms with Crippen LogP contribution < -0.4 is 0 Å². The fraction of sp³-hybridized carbons (Fsp3) is 0.118.